The maximum Gasteiger partial charge on any atom is 0.263 e. The molecule has 6 heteroatoms. The van der Waals surface area contributed by atoms with Crippen LogP contribution in [0.4, 0.5) is 0 Å². The molecule has 22 heavy (non-hydrogen) atoms. The molecule has 0 saturated carbocycles. The summed E-state index contributed by atoms with van der Waals surface area (Å²) in [5.41, 5.74) is 0. The smallest absolute Gasteiger partial charge is 0.263 e. The van der Waals surface area contributed by atoms with E-state index in [-0.39, 0.29) is 5.91 Å². The third kappa shape index (κ3) is 4.51. The van der Waals surface area contributed by atoms with Gasteiger partial charge < -0.3 is 9.64 Å². The molecule has 1 aliphatic heterocycles. The van der Waals surface area contributed by atoms with Crippen LogP contribution in [0.15, 0.2) is 18.2 Å². The summed E-state index contributed by atoms with van der Waals surface area (Å²) in [6.45, 7) is 8.34. The molecule has 0 radical (unpaired) electrons. The maximum atomic E-state index is 12.5. The second-order valence-corrected chi connectivity index (χ2v) is 6.35. The average Bonchev–Trinajstić information content (AvgIpc) is 2.51. The zero-order valence-corrected chi connectivity index (χ0v) is 14.5. The van der Waals surface area contributed by atoms with Gasteiger partial charge in [0.1, 0.15) is 5.75 Å². The minimum Gasteiger partial charge on any atom is -0.479 e. The first-order valence-corrected chi connectivity index (χ1v) is 8.39. The van der Waals surface area contributed by atoms with E-state index in [1.807, 2.05) is 4.90 Å². The van der Waals surface area contributed by atoms with E-state index in [2.05, 4.69) is 11.8 Å². The Morgan fingerprint density at radius 1 is 1.27 bits per heavy atom. The van der Waals surface area contributed by atoms with Gasteiger partial charge in [-0.05, 0) is 32.0 Å². The molecule has 0 spiro atoms. The zero-order valence-electron chi connectivity index (χ0n) is 13.0. The topological polar surface area (TPSA) is 32.8 Å². The lowest BCUT2D eigenvalue weighted by Gasteiger charge is -2.35. The predicted molar refractivity (Wildman–Crippen MR) is 89.9 cm³/mol. The van der Waals surface area contributed by atoms with Gasteiger partial charge in [0.05, 0.1) is 5.02 Å². The molecular weight excluding hydrogens is 323 g/mol. The van der Waals surface area contributed by atoms with E-state index in [0.717, 1.165) is 39.1 Å². The van der Waals surface area contributed by atoms with Gasteiger partial charge in [0.2, 0.25) is 0 Å². The fourth-order valence-corrected chi connectivity index (χ4v) is 2.90. The Hall–Kier alpha value is -0.970. The number of hydrogen-bond donors (Lipinski definition) is 0. The van der Waals surface area contributed by atoms with Crippen molar-refractivity contribution in [2.75, 3.05) is 32.7 Å². The van der Waals surface area contributed by atoms with Gasteiger partial charge in [-0.3, -0.25) is 9.69 Å². The predicted octanol–water partition coefficient (Wildman–Crippen LogP) is 3.31. The number of halogens is 2. The number of amides is 1. The van der Waals surface area contributed by atoms with E-state index >= 15 is 0 Å². The van der Waals surface area contributed by atoms with Gasteiger partial charge in [0.15, 0.2) is 6.10 Å². The van der Waals surface area contributed by atoms with E-state index < -0.39 is 6.10 Å². The summed E-state index contributed by atoms with van der Waals surface area (Å²) in [7, 11) is 0. The highest BCUT2D eigenvalue weighted by Crippen LogP contribution is 2.28. The van der Waals surface area contributed by atoms with E-state index in [0.29, 0.717) is 15.8 Å². The molecule has 4 nitrogen and oxygen atoms in total. The first-order valence-electron chi connectivity index (χ1n) is 7.64. The Morgan fingerprint density at radius 3 is 2.59 bits per heavy atom. The quantitative estimate of drug-likeness (QED) is 0.821. The molecule has 1 aromatic carbocycles. The number of ether oxygens (including phenoxy) is 1. The first-order chi connectivity index (χ1) is 10.5. The van der Waals surface area contributed by atoms with Gasteiger partial charge >= 0.3 is 0 Å². The number of nitrogens with zero attached hydrogens (tertiary/aromatic N) is 2. The summed E-state index contributed by atoms with van der Waals surface area (Å²) < 4.78 is 5.69. The second-order valence-electron chi connectivity index (χ2n) is 5.50. The molecular formula is C16H22Cl2N2O2. The third-order valence-electron chi connectivity index (χ3n) is 3.77. The Kier molecular flexibility index (Phi) is 6.36. The molecule has 1 saturated heterocycles. The molecule has 1 heterocycles. The fraction of sp³-hybridized carbons (Fsp3) is 0.562. The summed E-state index contributed by atoms with van der Waals surface area (Å²) in [5.74, 6) is 0.437. The monoisotopic (exact) mass is 344 g/mol. The van der Waals surface area contributed by atoms with Crippen LogP contribution in [-0.2, 0) is 4.79 Å². The Morgan fingerprint density at radius 2 is 1.95 bits per heavy atom. The first kappa shape index (κ1) is 17.4. The fourth-order valence-electron chi connectivity index (χ4n) is 2.57. The van der Waals surface area contributed by atoms with Crippen LogP contribution in [0.5, 0.6) is 5.75 Å². The van der Waals surface area contributed by atoms with E-state index in [1.54, 1.807) is 25.1 Å². The Balaban J connectivity index is 1.91. The van der Waals surface area contributed by atoms with Crippen LogP contribution in [0.1, 0.15) is 20.3 Å². The summed E-state index contributed by atoms with van der Waals surface area (Å²) >= 11 is 12.0. The molecule has 1 fully saturated rings. The third-order valence-corrected chi connectivity index (χ3v) is 4.32. The Bertz CT molecular complexity index is 517. The molecule has 0 bridgehead atoms. The van der Waals surface area contributed by atoms with E-state index in [1.165, 1.54) is 0 Å². The van der Waals surface area contributed by atoms with E-state index in [4.69, 9.17) is 27.9 Å². The van der Waals surface area contributed by atoms with E-state index in [9.17, 15) is 4.79 Å². The number of rotatable bonds is 5. The van der Waals surface area contributed by atoms with Crippen LogP contribution in [0.2, 0.25) is 10.0 Å². The van der Waals surface area contributed by atoms with Crippen molar-refractivity contribution in [3.8, 4) is 5.75 Å². The van der Waals surface area contributed by atoms with Crippen molar-refractivity contribution in [3.05, 3.63) is 28.2 Å². The highest BCUT2D eigenvalue weighted by molar-refractivity contribution is 6.34. The number of carbonyl (C=O) groups is 1. The van der Waals surface area contributed by atoms with Crippen LogP contribution in [0, 0.1) is 0 Å². The maximum absolute atomic E-state index is 12.5. The SMILES string of the molecule is CCCN1CCN(C(=O)C(C)Oc2cc(Cl)ccc2Cl)CC1. The minimum atomic E-state index is -0.575. The highest BCUT2D eigenvalue weighted by atomic mass is 35.5. The van der Waals surface area contributed by atoms with Crippen molar-refractivity contribution in [1.29, 1.82) is 0 Å². The summed E-state index contributed by atoms with van der Waals surface area (Å²) in [6.07, 6.45) is 0.564. The number of hydrogen-bond acceptors (Lipinski definition) is 3. The lowest BCUT2D eigenvalue weighted by Crippen LogP contribution is -2.51. The molecule has 1 aliphatic rings. The summed E-state index contributed by atoms with van der Waals surface area (Å²) in [5, 5.41) is 0.990. The average molecular weight is 345 g/mol. The Labute approximate surface area is 141 Å². The molecule has 122 valence electrons. The second kappa shape index (κ2) is 8.04. The lowest BCUT2D eigenvalue weighted by atomic mass is 10.2. The normalized spacial score (nSPS) is 17.4. The van der Waals surface area contributed by atoms with Gasteiger partial charge in [-0.15, -0.1) is 0 Å². The van der Waals surface area contributed by atoms with Gasteiger partial charge in [-0.1, -0.05) is 30.1 Å². The van der Waals surface area contributed by atoms with Crippen molar-refractivity contribution in [1.82, 2.24) is 9.80 Å². The highest BCUT2D eigenvalue weighted by Gasteiger charge is 2.26. The minimum absolute atomic E-state index is 0.00723. The number of benzene rings is 1. The number of carbonyl (C=O) groups excluding carboxylic acids is 1. The van der Waals surface area contributed by atoms with Crippen molar-refractivity contribution >= 4 is 29.1 Å². The van der Waals surface area contributed by atoms with Crippen molar-refractivity contribution in [2.24, 2.45) is 0 Å². The van der Waals surface area contributed by atoms with Gasteiger partial charge in [0.25, 0.3) is 5.91 Å². The lowest BCUT2D eigenvalue weighted by molar-refractivity contribution is -0.139. The molecule has 1 aromatic rings. The summed E-state index contributed by atoms with van der Waals surface area (Å²) in [4.78, 5) is 16.7. The van der Waals surface area contributed by atoms with Crippen LogP contribution in [-0.4, -0.2) is 54.5 Å². The van der Waals surface area contributed by atoms with Crippen LogP contribution >= 0.6 is 23.2 Å². The number of piperazine rings is 1. The van der Waals surface area contributed by atoms with Crippen LogP contribution in [0.25, 0.3) is 0 Å². The molecule has 1 unspecified atom stereocenters. The van der Waals surface area contributed by atoms with Crippen LogP contribution < -0.4 is 4.74 Å². The van der Waals surface area contributed by atoms with Crippen molar-refractivity contribution in [2.45, 2.75) is 26.4 Å². The molecule has 0 aromatic heterocycles. The molecule has 0 aliphatic carbocycles. The molecule has 0 N–H and O–H groups in total. The summed E-state index contributed by atoms with van der Waals surface area (Å²) in [6, 6.07) is 4.99. The van der Waals surface area contributed by atoms with Gasteiger partial charge in [-0.25, -0.2) is 0 Å². The van der Waals surface area contributed by atoms with Gasteiger partial charge in [0, 0.05) is 37.3 Å². The zero-order chi connectivity index (χ0) is 16.1. The van der Waals surface area contributed by atoms with Crippen molar-refractivity contribution < 1.29 is 9.53 Å². The molecule has 2 rings (SSSR count). The van der Waals surface area contributed by atoms with Gasteiger partial charge in [-0.2, -0.15) is 0 Å². The molecule has 1 amide bonds. The molecule has 1 atom stereocenters. The van der Waals surface area contributed by atoms with Crippen LogP contribution in [0.3, 0.4) is 0 Å². The standard InChI is InChI=1S/C16H22Cl2N2O2/c1-3-6-19-7-9-20(10-8-19)16(21)12(2)22-15-11-13(17)4-5-14(15)18/h4-5,11-12H,3,6-10H2,1-2H3. The largest absolute Gasteiger partial charge is 0.479 e. The van der Waals surface area contributed by atoms with Crippen molar-refractivity contribution in [3.63, 3.8) is 0 Å².